The molecule has 146 valence electrons. The van der Waals surface area contributed by atoms with Gasteiger partial charge in [0.15, 0.2) is 11.5 Å². The van der Waals surface area contributed by atoms with E-state index >= 15 is 0 Å². The Balaban J connectivity index is 1.65. The minimum Gasteiger partial charge on any atom is -0.493 e. The predicted molar refractivity (Wildman–Crippen MR) is 99.1 cm³/mol. The third-order valence-electron chi connectivity index (χ3n) is 4.00. The summed E-state index contributed by atoms with van der Waals surface area (Å²) in [6.45, 7) is -0.860. The van der Waals surface area contributed by atoms with Gasteiger partial charge in [0, 0.05) is 18.3 Å². The number of hydrogen-bond donors (Lipinski definition) is 1. The molecule has 3 aromatic rings. The first-order valence-corrected chi connectivity index (χ1v) is 8.48. The number of benzene rings is 2. The Morgan fingerprint density at radius 1 is 1.18 bits per heavy atom. The molecule has 2 aromatic carbocycles. The second kappa shape index (κ2) is 8.51. The van der Waals surface area contributed by atoms with E-state index in [4.69, 9.17) is 4.74 Å². The van der Waals surface area contributed by atoms with Crippen molar-refractivity contribution in [3.8, 4) is 17.2 Å². The maximum Gasteiger partial charge on any atom is 0.387 e. The molecule has 0 atom stereocenters. The van der Waals surface area contributed by atoms with Gasteiger partial charge in [-0.1, -0.05) is 6.07 Å². The van der Waals surface area contributed by atoms with E-state index < -0.39 is 6.61 Å². The van der Waals surface area contributed by atoms with Crippen LogP contribution in [0.5, 0.6) is 11.5 Å². The molecule has 0 saturated heterocycles. The van der Waals surface area contributed by atoms with Crippen molar-refractivity contribution < 1.29 is 23.0 Å². The number of nitrogens with zero attached hydrogens (tertiary/aromatic N) is 2. The standard InChI is InChI=1S/C20H19F2N3O3/c1-13-10-24-25(12-13)16-6-4-15(5-7-16)19(26)23-11-14-3-8-17(27-2)18(9-14)28-20(21)22/h3-10,12,20H,11H2,1-2H3,(H,23,26). The number of rotatable bonds is 7. The van der Waals surface area contributed by atoms with Gasteiger partial charge in [0.1, 0.15) is 0 Å². The van der Waals surface area contributed by atoms with Crippen LogP contribution in [-0.4, -0.2) is 29.4 Å². The molecule has 3 rings (SSSR count). The maximum absolute atomic E-state index is 12.5. The summed E-state index contributed by atoms with van der Waals surface area (Å²) < 4.78 is 36.2. The lowest BCUT2D eigenvalue weighted by molar-refractivity contribution is -0.0512. The highest BCUT2D eigenvalue weighted by atomic mass is 19.3. The zero-order chi connectivity index (χ0) is 20.1. The van der Waals surface area contributed by atoms with Crippen LogP contribution in [0.25, 0.3) is 5.69 Å². The lowest BCUT2D eigenvalue weighted by Gasteiger charge is -2.12. The fourth-order valence-corrected chi connectivity index (χ4v) is 2.62. The van der Waals surface area contributed by atoms with E-state index in [0.717, 1.165) is 11.3 Å². The number of aromatic nitrogens is 2. The van der Waals surface area contributed by atoms with Gasteiger partial charge in [0.05, 0.1) is 19.0 Å². The second-order valence-electron chi connectivity index (χ2n) is 6.06. The molecule has 0 radical (unpaired) electrons. The maximum atomic E-state index is 12.5. The summed E-state index contributed by atoms with van der Waals surface area (Å²) in [6.07, 6.45) is 3.64. The van der Waals surface area contributed by atoms with Crippen LogP contribution in [0.15, 0.2) is 54.9 Å². The molecule has 1 amide bonds. The Kier molecular flexibility index (Phi) is 5.88. The highest BCUT2D eigenvalue weighted by Gasteiger charge is 2.12. The molecule has 1 aromatic heterocycles. The van der Waals surface area contributed by atoms with Crippen molar-refractivity contribution in [2.45, 2.75) is 20.1 Å². The van der Waals surface area contributed by atoms with Crippen molar-refractivity contribution >= 4 is 5.91 Å². The SMILES string of the molecule is COc1ccc(CNC(=O)c2ccc(-n3cc(C)cn3)cc2)cc1OC(F)F. The van der Waals surface area contributed by atoms with Gasteiger partial charge in [-0.15, -0.1) is 0 Å². The molecule has 0 fully saturated rings. The van der Waals surface area contributed by atoms with Crippen molar-refractivity contribution in [2.24, 2.45) is 0 Å². The van der Waals surface area contributed by atoms with Gasteiger partial charge in [-0.25, -0.2) is 4.68 Å². The fraction of sp³-hybridized carbons (Fsp3) is 0.200. The van der Waals surface area contributed by atoms with E-state index in [1.165, 1.54) is 19.2 Å². The highest BCUT2D eigenvalue weighted by Crippen LogP contribution is 2.29. The molecule has 0 aliphatic carbocycles. The van der Waals surface area contributed by atoms with Crippen LogP contribution in [-0.2, 0) is 6.54 Å². The first kappa shape index (κ1) is 19.3. The highest BCUT2D eigenvalue weighted by molar-refractivity contribution is 5.94. The summed E-state index contributed by atoms with van der Waals surface area (Å²) in [7, 11) is 1.36. The summed E-state index contributed by atoms with van der Waals surface area (Å²) in [5.41, 5.74) is 2.96. The number of alkyl halides is 2. The molecule has 1 N–H and O–H groups in total. The number of ether oxygens (including phenoxy) is 2. The van der Waals surface area contributed by atoms with Crippen LogP contribution in [0.1, 0.15) is 21.5 Å². The number of halogens is 2. The van der Waals surface area contributed by atoms with Crippen LogP contribution in [0.4, 0.5) is 8.78 Å². The quantitative estimate of drug-likeness (QED) is 0.671. The monoisotopic (exact) mass is 387 g/mol. The number of carbonyl (C=O) groups excluding carboxylic acids is 1. The van der Waals surface area contributed by atoms with E-state index in [2.05, 4.69) is 15.2 Å². The topological polar surface area (TPSA) is 65.4 Å². The minimum absolute atomic E-state index is 0.0804. The third-order valence-corrected chi connectivity index (χ3v) is 4.00. The largest absolute Gasteiger partial charge is 0.493 e. The molecule has 8 heteroatoms. The van der Waals surface area contributed by atoms with Crippen molar-refractivity contribution in [1.82, 2.24) is 15.1 Å². The fourth-order valence-electron chi connectivity index (χ4n) is 2.62. The Morgan fingerprint density at radius 3 is 2.54 bits per heavy atom. The van der Waals surface area contributed by atoms with E-state index in [1.807, 2.05) is 13.1 Å². The molecule has 0 aliphatic rings. The van der Waals surface area contributed by atoms with Gasteiger partial charge in [-0.05, 0) is 54.4 Å². The third kappa shape index (κ3) is 4.64. The summed E-state index contributed by atoms with van der Waals surface area (Å²) in [4.78, 5) is 12.3. The molecule has 0 saturated carbocycles. The van der Waals surface area contributed by atoms with Crippen molar-refractivity contribution in [1.29, 1.82) is 0 Å². The summed E-state index contributed by atoms with van der Waals surface area (Å²) in [5, 5.41) is 6.97. The Labute approximate surface area is 160 Å². The predicted octanol–water partition coefficient (Wildman–Crippen LogP) is 3.72. The molecular formula is C20H19F2N3O3. The van der Waals surface area contributed by atoms with Gasteiger partial charge >= 0.3 is 6.61 Å². The summed E-state index contributed by atoms with van der Waals surface area (Å²) >= 11 is 0. The number of nitrogens with one attached hydrogen (secondary N) is 1. The molecule has 28 heavy (non-hydrogen) atoms. The Morgan fingerprint density at radius 2 is 1.93 bits per heavy atom. The molecular weight excluding hydrogens is 368 g/mol. The van der Waals surface area contributed by atoms with Crippen LogP contribution in [0.2, 0.25) is 0 Å². The molecule has 0 spiro atoms. The van der Waals surface area contributed by atoms with E-state index in [1.54, 1.807) is 41.2 Å². The lowest BCUT2D eigenvalue weighted by atomic mass is 10.1. The average Bonchev–Trinajstić information content (AvgIpc) is 3.12. The second-order valence-corrected chi connectivity index (χ2v) is 6.06. The van der Waals surface area contributed by atoms with Gasteiger partial charge in [0.2, 0.25) is 0 Å². The van der Waals surface area contributed by atoms with Crippen molar-refractivity contribution in [3.05, 3.63) is 71.5 Å². The van der Waals surface area contributed by atoms with Crippen molar-refractivity contribution in [2.75, 3.05) is 7.11 Å². The van der Waals surface area contributed by atoms with Crippen LogP contribution < -0.4 is 14.8 Å². The number of hydrogen-bond acceptors (Lipinski definition) is 4. The van der Waals surface area contributed by atoms with Crippen LogP contribution >= 0.6 is 0 Å². The van der Waals surface area contributed by atoms with Crippen molar-refractivity contribution in [3.63, 3.8) is 0 Å². The van der Waals surface area contributed by atoms with Crippen LogP contribution in [0, 0.1) is 6.92 Å². The summed E-state index contributed by atoms with van der Waals surface area (Å²) in [6, 6.07) is 11.6. The lowest BCUT2D eigenvalue weighted by Crippen LogP contribution is -2.22. The van der Waals surface area contributed by atoms with E-state index in [-0.39, 0.29) is 24.0 Å². The van der Waals surface area contributed by atoms with Gasteiger partial charge in [-0.2, -0.15) is 13.9 Å². The summed E-state index contributed by atoms with van der Waals surface area (Å²) in [5.74, 6) is -0.168. The Hall–Kier alpha value is -3.42. The van der Waals surface area contributed by atoms with Gasteiger partial charge < -0.3 is 14.8 Å². The molecule has 0 unspecified atom stereocenters. The van der Waals surface area contributed by atoms with E-state index in [0.29, 0.717) is 11.1 Å². The smallest absolute Gasteiger partial charge is 0.387 e. The first-order valence-electron chi connectivity index (χ1n) is 8.48. The number of aryl methyl sites for hydroxylation is 1. The van der Waals surface area contributed by atoms with Gasteiger partial charge in [0.25, 0.3) is 5.91 Å². The van der Waals surface area contributed by atoms with Gasteiger partial charge in [-0.3, -0.25) is 4.79 Å². The van der Waals surface area contributed by atoms with Crippen LogP contribution in [0.3, 0.4) is 0 Å². The number of carbonyl (C=O) groups is 1. The minimum atomic E-state index is -2.96. The normalized spacial score (nSPS) is 10.8. The average molecular weight is 387 g/mol. The van der Waals surface area contributed by atoms with E-state index in [9.17, 15) is 13.6 Å². The molecule has 6 nitrogen and oxygen atoms in total. The zero-order valence-electron chi connectivity index (χ0n) is 15.4. The zero-order valence-corrected chi connectivity index (χ0v) is 15.4. The number of amides is 1. The molecule has 0 aliphatic heterocycles. The molecule has 1 heterocycles. The molecule has 0 bridgehead atoms. The first-order chi connectivity index (χ1) is 13.5. The number of methoxy groups -OCH3 is 1. The Bertz CT molecular complexity index is 956.